The number of benzene rings is 1. The van der Waals surface area contributed by atoms with Gasteiger partial charge < -0.3 is 14.2 Å². The number of rotatable bonds is 2. The Labute approximate surface area is 90.1 Å². The highest BCUT2D eigenvalue weighted by molar-refractivity contribution is 9.09. The van der Waals surface area contributed by atoms with E-state index >= 15 is 0 Å². The molecule has 0 radical (unpaired) electrons. The molecule has 0 N–H and O–H groups in total. The van der Waals surface area contributed by atoms with E-state index in [9.17, 15) is 0 Å². The Kier molecular flexibility index (Phi) is 1.92. The van der Waals surface area contributed by atoms with Crippen molar-refractivity contribution in [3.05, 3.63) is 23.8 Å². The van der Waals surface area contributed by atoms with Crippen LogP contribution >= 0.6 is 15.9 Å². The monoisotopic (exact) mass is 256 g/mol. The number of fused-ring (bicyclic) bond motifs is 1. The summed E-state index contributed by atoms with van der Waals surface area (Å²) in [5.41, 5.74) is 1.17. The van der Waals surface area contributed by atoms with Crippen molar-refractivity contribution >= 4 is 15.9 Å². The van der Waals surface area contributed by atoms with Gasteiger partial charge in [0.15, 0.2) is 11.5 Å². The summed E-state index contributed by atoms with van der Waals surface area (Å²) in [5, 5.41) is 0.881. The van der Waals surface area contributed by atoms with Crippen molar-refractivity contribution in [1.29, 1.82) is 0 Å². The molecule has 0 saturated carbocycles. The average Bonchev–Trinajstić information content (AvgIpc) is 2.87. The lowest BCUT2D eigenvalue weighted by Crippen LogP contribution is -1.93. The van der Waals surface area contributed by atoms with Crippen molar-refractivity contribution in [1.82, 2.24) is 0 Å². The second-order valence-corrected chi connectivity index (χ2v) is 4.01. The van der Waals surface area contributed by atoms with Gasteiger partial charge in [-0.1, -0.05) is 22.0 Å². The quantitative estimate of drug-likeness (QED) is 0.601. The van der Waals surface area contributed by atoms with Crippen molar-refractivity contribution in [2.75, 3.05) is 12.1 Å². The van der Waals surface area contributed by atoms with Crippen LogP contribution in [0.2, 0.25) is 0 Å². The minimum Gasteiger partial charge on any atom is -0.454 e. The van der Waals surface area contributed by atoms with Crippen LogP contribution in [-0.2, 0) is 4.74 Å². The Balaban J connectivity index is 1.87. The van der Waals surface area contributed by atoms with Gasteiger partial charge in [0.05, 0.1) is 6.10 Å². The van der Waals surface area contributed by atoms with Crippen LogP contribution in [0.3, 0.4) is 0 Å². The molecule has 2 unspecified atom stereocenters. The fourth-order valence-electron chi connectivity index (χ4n) is 1.64. The van der Waals surface area contributed by atoms with E-state index in [-0.39, 0.29) is 6.10 Å². The van der Waals surface area contributed by atoms with Gasteiger partial charge in [0.25, 0.3) is 0 Å². The third-order valence-corrected chi connectivity index (χ3v) is 3.10. The molecule has 0 spiro atoms. The number of halogens is 1. The highest BCUT2D eigenvalue weighted by Crippen LogP contribution is 2.43. The van der Waals surface area contributed by atoms with Crippen LogP contribution in [0.1, 0.15) is 11.7 Å². The molecule has 1 fully saturated rings. The van der Waals surface area contributed by atoms with Gasteiger partial charge in [-0.3, -0.25) is 0 Å². The fourth-order valence-corrected chi connectivity index (χ4v) is 2.14. The molecule has 0 amide bonds. The first-order valence-electron chi connectivity index (χ1n) is 4.49. The van der Waals surface area contributed by atoms with E-state index in [1.165, 1.54) is 5.56 Å². The summed E-state index contributed by atoms with van der Waals surface area (Å²) < 4.78 is 16.0. The van der Waals surface area contributed by atoms with E-state index in [1.807, 2.05) is 18.2 Å². The van der Waals surface area contributed by atoms with Gasteiger partial charge in [0, 0.05) is 5.33 Å². The maximum atomic E-state index is 5.47. The molecular weight excluding hydrogens is 248 g/mol. The molecule has 1 saturated heterocycles. The highest BCUT2D eigenvalue weighted by Gasteiger charge is 2.39. The van der Waals surface area contributed by atoms with E-state index in [4.69, 9.17) is 14.2 Å². The van der Waals surface area contributed by atoms with Gasteiger partial charge in [-0.25, -0.2) is 0 Å². The molecule has 74 valence electrons. The zero-order valence-corrected chi connectivity index (χ0v) is 8.99. The predicted molar refractivity (Wildman–Crippen MR) is 54.0 cm³/mol. The SMILES string of the molecule is BrCC1OC1c1ccc2c(c1)OCO2. The molecule has 4 heteroatoms. The van der Waals surface area contributed by atoms with Crippen LogP contribution in [0.25, 0.3) is 0 Å². The van der Waals surface area contributed by atoms with Gasteiger partial charge in [0.1, 0.15) is 6.10 Å². The Hall–Kier alpha value is -0.740. The third kappa shape index (κ3) is 1.29. The van der Waals surface area contributed by atoms with E-state index in [0.717, 1.165) is 16.8 Å². The van der Waals surface area contributed by atoms with Crippen LogP contribution in [0.5, 0.6) is 11.5 Å². The summed E-state index contributed by atoms with van der Waals surface area (Å²) in [4.78, 5) is 0. The minimum absolute atomic E-state index is 0.226. The Morgan fingerprint density at radius 1 is 1.29 bits per heavy atom. The lowest BCUT2D eigenvalue weighted by Gasteiger charge is -1.98. The Bertz CT molecular complexity index is 366. The van der Waals surface area contributed by atoms with Gasteiger partial charge in [-0.05, 0) is 17.7 Å². The predicted octanol–water partition coefficient (Wildman–Crippen LogP) is 2.25. The molecule has 2 atom stereocenters. The highest BCUT2D eigenvalue weighted by atomic mass is 79.9. The second kappa shape index (κ2) is 3.14. The summed E-state index contributed by atoms with van der Waals surface area (Å²) in [6, 6.07) is 5.96. The second-order valence-electron chi connectivity index (χ2n) is 3.36. The maximum absolute atomic E-state index is 5.47. The third-order valence-electron chi connectivity index (χ3n) is 2.46. The molecule has 14 heavy (non-hydrogen) atoms. The first-order chi connectivity index (χ1) is 6.88. The lowest BCUT2D eigenvalue weighted by atomic mass is 10.1. The first-order valence-corrected chi connectivity index (χ1v) is 5.61. The summed E-state index contributed by atoms with van der Waals surface area (Å²) in [6.45, 7) is 0.326. The Morgan fingerprint density at radius 2 is 2.14 bits per heavy atom. The number of ether oxygens (including phenoxy) is 3. The van der Waals surface area contributed by atoms with E-state index in [2.05, 4.69) is 15.9 Å². The van der Waals surface area contributed by atoms with Crippen molar-refractivity contribution in [3.8, 4) is 11.5 Å². The fraction of sp³-hybridized carbons (Fsp3) is 0.400. The van der Waals surface area contributed by atoms with Gasteiger partial charge in [-0.2, -0.15) is 0 Å². The molecule has 0 aromatic heterocycles. The number of alkyl halides is 1. The standard InChI is InChI=1S/C10H9BrO3/c11-4-9-10(14-9)6-1-2-7-8(3-6)13-5-12-7/h1-3,9-10H,4-5H2. The molecule has 0 bridgehead atoms. The molecular formula is C10H9BrO3. The Morgan fingerprint density at radius 3 is 2.93 bits per heavy atom. The topological polar surface area (TPSA) is 31.0 Å². The van der Waals surface area contributed by atoms with Crippen LogP contribution in [0.15, 0.2) is 18.2 Å². The van der Waals surface area contributed by atoms with Crippen LogP contribution in [0, 0.1) is 0 Å². The first kappa shape index (κ1) is 8.56. The van der Waals surface area contributed by atoms with Crippen molar-refractivity contribution in [2.45, 2.75) is 12.2 Å². The lowest BCUT2D eigenvalue weighted by molar-refractivity contribution is 0.174. The van der Waals surface area contributed by atoms with Crippen molar-refractivity contribution in [3.63, 3.8) is 0 Å². The maximum Gasteiger partial charge on any atom is 0.231 e. The van der Waals surface area contributed by atoms with Crippen molar-refractivity contribution < 1.29 is 14.2 Å². The molecule has 2 heterocycles. The number of epoxide rings is 1. The van der Waals surface area contributed by atoms with Gasteiger partial charge in [0.2, 0.25) is 6.79 Å². The summed E-state index contributed by atoms with van der Waals surface area (Å²) in [7, 11) is 0. The molecule has 3 rings (SSSR count). The molecule has 1 aromatic rings. The van der Waals surface area contributed by atoms with Gasteiger partial charge >= 0.3 is 0 Å². The number of hydrogen-bond donors (Lipinski definition) is 0. The zero-order valence-electron chi connectivity index (χ0n) is 7.40. The normalized spacial score (nSPS) is 27.8. The van der Waals surface area contributed by atoms with Crippen LogP contribution < -0.4 is 9.47 Å². The van der Waals surface area contributed by atoms with E-state index in [1.54, 1.807) is 0 Å². The van der Waals surface area contributed by atoms with Gasteiger partial charge in [-0.15, -0.1) is 0 Å². The van der Waals surface area contributed by atoms with E-state index < -0.39 is 0 Å². The van der Waals surface area contributed by atoms with E-state index in [0.29, 0.717) is 12.9 Å². The smallest absolute Gasteiger partial charge is 0.231 e. The average molecular weight is 257 g/mol. The van der Waals surface area contributed by atoms with Crippen molar-refractivity contribution in [2.24, 2.45) is 0 Å². The number of hydrogen-bond acceptors (Lipinski definition) is 3. The summed E-state index contributed by atoms with van der Waals surface area (Å²) in [6.07, 6.45) is 0.541. The summed E-state index contributed by atoms with van der Waals surface area (Å²) >= 11 is 3.40. The summed E-state index contributed by atoms with van der Waals surface area (Å²) in [5.74, 6) is 1.65. The largest absolute Gasteiger partial charge is 0.454 e. The van der Waals surface area contributed by atoms with Crippen LogP contribution in [0.4, 0.5) is 0 Å². The molecule has 2 aliphatic heterocycles. The van der Waals surface area contributed by atoms with Crippen LogP contribution in [-0.4, -0.2) is 18.2 Å². The zero-order chi connectivity index (χ0) is 9.54. The molecule has 3 nitrogen and oxygen atoms in total. The molecule has 0 aliphatic carbocycles. The molecule has 2 aliphatic rings. The molecule has 1 aromatic carbocycles. The minimum atomic E-state index is 0.226.